The van der Waals surface area contributed by atoms with Gasteiger partial charge in [0.2, 0.25) is 0 Å². The van der Waals surface area contributed by atoms with Gasteiger partial charge in [-0.15, -0.1) is 0 Å². The molecule has 93 valence electrons. The number of hydrogen-bond acceptors (Lipinski definition) is 7. The van der Waals surface area contributed by atoms with Crippen LogP contribution in [0, 0.1) is 12.5 Å². The number of carbonyl (C=O) groups is 2. The van der Waals surface area contributed by atoms with E-state index >= 15 is 0 Å². The van der Waals surface area contributed by atoms with E-state index in [0.29, 0.717) is 6.54 Å². The SMILES string of the molecule is O=COC[C@@]12O[CH-][C@@H](O)C1CN[C@H]2OC=O.[Y]. The van der Waals surface area contributed by atoms with Gasteiger partial charge in [-0.1, -0.05) is 0 Å². The van der Waals surface area contributed by atoms with Crippen molar-refractivity contribution >= 4 is 12.9 Å². The van der Waals surface area contributed by atoms with Crippen LogP contribution in [-0.4, -0.2) is 49.1 Å². The second-order valence-corrected chi connectivity index (χ2v) is 3.73. The smallest absolute Gasteiger partial charge is 0.294 e. The Balaban J connectivity index is 0.00000144. The summed E-state index contributed by atoms with van der Waals surface area (Å²) in [6, 6.07) is 0. The summed E-state index contributed by atoms with van der Waals surface area (Å²) < 4.78 is 14.8. The Hall–Kier alpha value is -0.0761. The minimum Gasteiger partial charge on any atom is -0.539 e. The van der Waals surface area contributed by atoms with Crippen molar-refractivity contribution < 1.29 is 61.6 Å². The van der Waals surface area contributed by atoms with Gasteiger partial charge in [0.1, 0.15) is 12.2 Å². The quantitative estimate of drug-likeness (QED) is 0.455. The largest absolute Gasteiger partial charge is 0.539 e. The van der Waals surface area contributed by atoms with Gasteiger partial charge < -0.3 is 19.3 Å². The molecule has 7 nitrogen and oxygen atoms in total. The molecular formula is C9H12NO6Y-. The van der Waals surface area contributed by atoms with Crippen molar-refractivity contribution in [2.45, 2.75) is 17.9 Å². The van der Waals surface area contributed by atoms with Gasteiger partial charge in [0.15, 0.2) is 6.23 Å². The van der Waals surface area contributed by atoms with Gasteiger partial charge >= 0.3 is 0 Å². The Morgan fingerprint density at radius 2 is 2.29 bits per heavy atom. The number of rotatable bonds is 5. The first-order chi connectivity index (χ1) is 7.74. The second-order valence-electron chi connectivity index (χ2n) is 3.73. The van der Waals surface area contributed by atoms with E-state index in [1.165, 1.54) is 6.61 Å². The Morgan fingerprint density at radius 3 is 2.94 bits per heavy atom. The van der Waals surface area contributed by atoms with Crippen LogP contribution in [0.5, 0.6) is 0 Å². The number of hydrogen-bond donors (Lipinski definition) is 2. The minimum absolute atomic E-state index is 0. The minimum atomic E-state index is -1.03. The number of ether oxygens (including phenoxy) is 3. The molecule has 2 saturated heterocycles. The second kappa shape index (κ2) is 6.20. The third-order valence-corrected chi connectivity index (χ3v) is 3.00. The molecule has 2 fully saturated rings. The van der Waals surface area contributed by atoms with Gasteiger partial charge in [-0.25, -0.2) is 0 Å². The third kappa shape index (κ3) is 2.53. The van der Waals surface area contributed by atoms with E-state index in [1.807, 2.05) is 0 Å². The van der Waals surface area contributed by atoms with E-state index in [4.69, 9.17) is 9.47 Å². The van der Waals surface area contributed by atoms with Crippen LogP contribution >= 0.6 is 0 Å². The molecule has 0 bridgehead atoms. The van der Waals surface area contributed by atoms with E-state index in [-0.39, 0.29) is 58.2 Å². The normalized spacial score (nSPS) is 39.0. The molecular weight excluding hydrogens is 307 g/mol. The summed E-state index contributed by atoms with van der Waals surface area (Å²) in [5, 5.41) is 12.5. The monoisotopic (exact) mass is 319 g/mol. The van der Waals surface area contributed by atoms with E-state index < -0.39 is 17.9 Å². The molecule has 0 aromatic carbocycles. The zero-order valence-electron chi connectivity index (χ0n) is 8.94. The first kappa shape index (κ1) is 15.0. The molecule has 1 unspecified atom stereocenters. The van der Waals surface area contributed by atoms with Crippen molar-refractivity contribution in [1.82, 2.24) is 5.32 Å². The topological polar surface area (TPSA) is 94.1 Å². The van der Waals surface area contributed by atoms with E-state index in [1.54, 1.807) is 0 Å². The Kier molecular flexibility index (Phi) is 5.46. The van der Waals surface area contributed by atoms with Crippen LogP contribution in [0.3, 0.4) is 0 Å². The van der Waals surface area contributed by atoms with Crippen LogP contribution in [0.2, 0.25) is 0 Å². The number of carbonyl (C=O) groups excluding carboxylic acids is 2. The summed E-state index contributed by atoms with van der Waals surface area (Å²) in [6.45, 7) is 2.17. The zero-order chi connectivity index (χ0) is 11.6. The summed E-state index contributed by atoms with van der Waals surface area (Å²) in [6.07, 6.45) is -1.51. The van der Waals surface area contributed by atoms with Gasteiger partial charge in [0.25, 0.3) is 12.9 Å². The summed E-state index contributed by atoms with van der Waals surface area (Å²) >= 11 is 0. The molecule has 1 radical (unpaired) electrons. The van der Waals surface area contributed by atoms with E-state index in [0.717, 1.165) is 0 Å². The summed E-state index contributed by atoms with van der Waals surface area (Å²) in [7, 11) is 0. The van der Waals surface area contributed by atoms with Crippen molar-refractivity contribution in [2.24, 2.45) is 5.92 Å². The summed E-state index contributed by atoms with van der Waals surface area (Å²) in [5.74, 6) is -0.308. The van der Waals surface area contributed by atoms with E-state index in [9.17, 15) is 14.7 Å². The maximum atomic E-state index is 10.3. The van der Waals surface area contributed by atoms with Gasteiger partial charge in [0, 0.05) is 45.2 Å². The molecule has 17 heavy (non-hydrogen) atoms. The molecule has 0 aromatic heterocycles. The molecule has 2 aliphatic rings. The Labute approximate surface area is 123 Å². The van der Waals surface area contributed by atoms with Gasteiger partial charge in [-0.05, 0) is 6.10 Å². The van der Waals surface area contributed by atoms with Crippen molar-refractivity contribution in [3.63, 3.8) is 0 Å². The van der Waals surface area contributed by atoms with Crippen molar-refractivity contribution in [3.05, 3.63) is 6.61 Å². The molecule has 0 aliphatic carbocycles. The average molecular weight is 319 g/mol. The maximum Gasteiger partial charge on any atom is 0.294 e. The van der Waals surface area contributed by atoms with Gasteiger partial charge in [-0.3, -0.25) is 14.9 Å². The summed E-state index contributed by atoms with van der Waals surface area (Å²) in [4.78, 5) is 20.6. The van der Waals surface area contributed by atoms with Crippen molar-refractivity contribution in [2.75, 3.05) is 13.2 Å². The Bertz CT molecular complexity index is 291. The molecule has 0 aromatic rings. The molecule has 2 aliphatic heterocycles. The Morgan fingerprint density at radius 1 is 1.53 bits per heavy atom. The molecule has 2 rings (SSSR count). The molecule has 0 spiro atoms. The van der Waals surface area contributed by atoms with Crippen LogP contribution in [0.15, 0.2) is 0 Å². The van der Waals surface area contributed by atoms with E-state index in [2.05, 4.69) is 10.1 Å². The number of fused-ring (bicyclic) bond motifs is 1. The fraction of sp³-hybridized carbons (Fsp3) is 0.667. The molecule has 0 amide bonds. The van der Waals surface area contributed by atoms with Crippen LogP contribution in [0.25, 0.3) is 0 Å². The number of aliphatic hydroxyl groups is 1. The summed E-state index contributed by atoms with van der Waals surface area (Å²) in [5.41, 5.74) is -1.03. The number of nitrogens with one attached hydrogen (secondary N) is 1. The fourth-order valence-electron chi connectivity index (χ4n) is 2.22. The molecule has 8 heteroatoms. The predicted molar refractivity (Wildman–Crippen MR) is 48.6 cm³/mol. The molecule has 0 saturated carbocycles. The van der Waals surface area contributed by atoms with Crippen LogP contribution in [-0.2, 0) is 56.5 Å². The molecule has 2 N–H and O–H groups in total. The maximum absolute atomic E-state index is 10.3. The third-order valence-electron chi connectivity index (χ3n) is 3.00. The average Bonchev–Trinajstić information content (AvgIpc) is 2.78. The van der Waals surface area contributed by atoms with Crippen molar-refractivity contribution in [3.8, 4) is 0 Å². The van der Waals surface area contributed by atoms with Gasteiger partial charge in [-0.2, -0.15) is 6.61 Å². The van der Waals surface area contributed by atoms with Crippen LogP contribution in [0.4, 0.5) is 0 Å². The predicted octanol–water partition coefficient (Wildman–Crippen LogP) is -1.83. The zero-order valence-corrected chi connectivity index (χ0v) is 11.8. The van der Waals surface area contributed by atoms with Crippen LogP contribution < -0.4 is 5.32 Å². The molecule has 4 atom stereocenters. The standard InChI is InChI=1S/C9H12NO6.Y/c11-4-14-3-9-6(7(13)2-16-9)1-10-8(9)15-5-12;/h2,4-8,10,13H,1,3H2;/q-1;/t6?,7-,8+,9-;/m1./s1. The first-order valence-electron chi connectivity index (χ1n) is 4.81. The van der Waals surface area contributed by atoms with Gasteiger partial charge in [0.05, 0.1) is 0 Å². The fourth-order valence-corrected chi connectivity index (χ4v) is 2.22. The van der Waals surface area contributed by atoms with Crippen LogP contribution in [0.1, 0.15) is 0 Å². The molecule has 2 heterocycles. The number of aliphatic hydroxyl groups excluding tert-OH is 1. The van der Waals surface area contributed by atoms with Crippen molar-refractivity contribution in [1.29, 1.82) is 0 Å². The first-order valence-corrected chi connectivity index (χ1v) is 4.81.